The number of hydrogen-bond acceptors (Lipinski definition) is 3. The van der Waals surface area contributed by atoms with Crippen LogP contribution >= 0.6 is 11.6 Å². The topological polar surface area (TPSA) is 27.7 Å². The van der Waals surface area contributed by atoms with E-state index < -0.39 is 0 Å². The van der Waals surface area contributed by atoms with Crippen molar-refractivity contribution in [1.29, 1.82) is 0 Å². The van der Waals surface area contributed by atoms with Gasteiger partial charge < -0.3 is 14.2 Å². The molecule has 2 heterocycles. The summed E-state index contributed by atoms with van der Waals surface area (Å²) in [5.74, 6) is 0.153. The van der Waals surface area contributed by atoms with E-state index in [0.717, 1.165) is 26.1 Å². The van der Waals surface area contributed by atoms with Crippen molar-refractivity contribution in [2.75, 3.05) is 25.7 Å². The van der Waals surface area contributed by atoms with Crippen LogP contribution in [0.2, 0.25) is 0 Å². The van der Waals surface area contributed by atoms with Crippen molar-refractivity contribution < 1.29 is 14.2 Å². The van der Waals surface area contributed by atoms with Crippen LogP contribution in [0, 0.1) is 0 Å². The highest BCUT2D eigenvalue weighted by atomic mass is 35.5. The Morgan fingerprint density at radius 3 is 2.67 bits per heavy atom. The summed E-state index contributed by atoms with van der Waals surface area (Å²) in [6.45, 7) is 2.09. The monoisotopic (exact) mass is 192 g/mol. The van der Waals surface area contributed by atoms with E-state index in [4.69, 9.17) is 25.8 Å². The molecule has 0 aromatic carbocycles. The lowest BCUT2D eigenvalue weighted by Crippen LogP contribution is -2.37. The Bertz CT molecular complexity index is 156. The summed E-state index contributed by atoms with van der Waals surface area (Å²) in [7, 11) is 0. The molecule has 3 nitrogen and oxygen atoms in total. The molecule has 0 saturated carbocycles. The Morgan fingerprint density at radius 1 is 1.33 bits per heavy atom. The summed E-state index contributed by atoms with van der Waals surface area (Å²) >= 11 is 5.67. The Hall–Kier alpha value is 0.170. The minimum Gasteiger partial charge on any atom is -0.381 e. The van der Waals surface area contributed by atoms with E-state index in [-0.39, 0.29) is 11.9 Å². The molecule has 4 heteroatoms. The molecule has 2 rings (SSSR count). The third kappa shape index (κ3) is 1.59. The maximum atomic E-state index is 5.70. The summed E-state index contributed by atoms with van der Waals surface area (Å²) < 4.78 is 16.5. The van der Waals surface area contributed by atoms with E-state index in [0.29, 0.717) is 12.5 Å². The van der Waals surface area contributed by atoms with Crippen molar-refractivity contribution >= 4 is 11.6 Å². The second-order valence-corrected chi connectivity index (χ2v) is 3.54. The van der Waals surface area contributed by atoms with Gasteiger partial charge in [0.15, 0.2) is 5.79 Å². The molecule has 0 bridgehead atoms. The van der Waals surface area contributed by atoms with Crippen molar-refractivity contribution in [3.05, 3.63) is 0 Å². The van der Waals surface area contributed by atoms with Gasteiger partial charge in [-0.2, -0.15) is 0 Å². The zero-order chi connectivity index (χ0) is 8.44. The number of ether oxygens (including phenoxy) is 3. The van der Waals surface area contributed by atoms with Gasteiger partial charge in [-0.15, -0.1) is 11.6 Å². The smallest absolute Gasteiger partial charge is 0.173 e. The maximum Gasteiger partial charge on any atom is 0.173 e. The van der Waals surface area contributed by atoms with Crippen LogP contribution in [-0.2, 0) is 14.2 Å². The van der Waals surface area contributed by atoms with E-state index in [1.54, 1.807) is 0 Å². The van der Waals surface area contributed by atoms with Crippen LogP contribution in [0.4, 0.5) is 0 Å². The van der Waals surface area contributed by atoms with E-state index in [1.165, 1.54) is 0 Å². The predicted octanol–water partition coefficient (Wildman–Crippen LogP) is 1.15. The molecule has 0 aliphatic carbocycles. The molecule has 2 fully saturated rings. The lowest BCUT2D eigenvalue weighted by molar-refractivity contribution is -0.209. The number of halogens is 1. The van der Waals surface area contributed by atoms with Gasteiger partial charge in [-0.05, 0) is 0 Å². The third-order valence-electron chi connectivity index (χ3n) is 2.34. The molecular weight excluding hydrogens is 180 g/mol. The number of hydrogen-bond donors (Lipinski definition) is 0. The van der Waals surface area contributed by atoms with Crippen molar-refractivity contribution in [2.45, 2.75) is 24.7 Å². The fourth-order valence-electron chi connectivity index (χ4n) is 1.64. The largest absolute Gasteiger partial charge is 0.381 e. The molecule has 0 unspecified atom stereocenters. The molecule has 0 aromatic heterocycles. The minimum absolute atomic E-state index is 0.0739. The molecule has 0 N–H and O–H groups in total. The Labute approximate surface area is 76.9 Å². The molecule has 12 heavy (non-hydrogen) atoms. The first-order valence-corrected chi connectivity index (χ1v) is 4.84. The van der Waals surface area contributed by atoms with E-state index in [2.05, 4.69) is 0 Å². The Balaban J connectivity index is 1.94. The molecule has 2 aliphatic rings. The fourth-order valence-corrected chi connectivity index (χ4v) is 1.79. The van der Waals surface area contributed by atoms with Crippen LogP contribution < -0.4 is 0 Å². The summed E-state index contributed by atoms with van der Waals surface area (Å²) in [6.07, 6.45) is 1.74. The normalized spacial score (nSPS) is 34.2. The van der Waals surface area contributed by atoms with Crippen molar-refractivity contribution in [2.24, 2.45) is 0 Å². The molecule has 1 spiro atoms. The van der Waals surface area contributed by atoms with Gasteiger partial charge in [0.1, 0.15) is 0 Å². The minimum atomic E-state index is -0.363. The second-order valence-electron chi connectivity index (χ2n) is 3.23. The highest BCUT2D eigenvalue weighted by Crippen LogP contribution is 2.33. The number of rotatable bonds is 1. The van der Waals surface area contributed by atoms with Gasteiger partial charge in [-0.3, -0.25) is 0 Å². The number of alkyl halides is 1. The van der Waals surface area contributed by atoms with Crippen LogP contribution in [0.5, 0.6) is 0 Å². The molecule has 0 amide bonds. The summed E-state index contributed by atoms with van der Waals surface area (Å²) in [5, 5.41) is 0. The average Bonchev–Trinajstić information content (AvgIpc) is 2.50. The SMILES string of the molecule is ClC[C@H]1COC2(CCOCC2)O1. The van der Waals surface area contributed by atoms with Crippen LogP contribution in [0.1, 0.15) is 12.8 Å². The highest BCUT2D eigenvalue weighted by molar-refractivity contribution is 6.18. The van der Waals surface area contributed by atoms with Gasteiger partial charge in [0, 0.05) is 12.8 Å². The molecule has 0 radical (unpaired) electrons. The Morgan fingerprint density at radius 2 is 2.08 bits per heavy atom. The van der Waals surface area contributed by atoms with Gasteiger partial charge in [0.2, 0.25) is 0 Å². The standard InChI is InChI=1S/C8H13ClO3/c9-5-7-6-11-8(12-7)1-3-10-4-2-8/h7H,1-6H2/t7-/m0/s1. The second kappa shape index (κ2) is 3.50. The third-order valence-corrected chi connectivity index (χ3v) is 2.68. The van der Waals surface area contributed by atoms with Gasteiger partial charge in [0.25, 0.3) is 0 Å². The summed E-state index contributed by atoms with van der Waals surface area (Å²) in [4.78, 5) is 0. The first-order valence-electron chi connectivity index (χ1n) is 4.30. The summed E-state index contributed by atoms with van der Waals surface area (Å²) in [6, 6.07) is 0. The van der Waals surface area contributed by atoms with E-state index >= 15 is 0 Å². The lowest BCUT2D eigenvalue weighted by atomic mass is 10.1. The van der Waals surface area contributed by atoms with E-state index in [9.17, 15) is 0 Å². The quantitative estimate of drug-likeness (QED) is 0.584. The molecule has 70 valence electrons. The molecule has 2 aliphatic heterocycles. The molecule has 1 atom stereocenters. The van der Waals surface area contributed by atoms with Crippen LogP contribution in [0.15, 0.2) is 0 Å². The van der Waals surface area contributed by atoms with Crippen molar-refractivity contribution in [3.8, 4) is 0 Å². The first kappa shape index (κ1) is 8.75. The molecular formula is C8H13ClO3. The maximum absolute atomic E-state index is 5.70. The van der Waals surface area contributed by atoms with E-state index in [1.807, 2.05) is 0 Å². The van der Waals surface area contributed by atoms with Crippen LogP contribution in [0.3, 0.4) is 0 Å². The highest BCUT2D eigenvalue weighted by Gasteiger charge is 2.42. The van der Waals surface area contributed by atoms with Crippen molar-refractivity contribution in [3.63, 3.8) is 0 Å². The lowest BCUT2D eigenvalue weighted by Gasteiger charge is -2.31. The van der Waals surface area contributed by atoms with Gasteiger partial charge >= 0.3 is 0 Å². The predicted molar refractivity (Wildman–Crippen MR) is 44.3 cm³/mol. The van der Waals surface area contributed by atoms with Crippen molar-refractivity contribution in [1.82, 2.24) is 0 Å². The zero-order valence-electron chi connectivity index (χ0n) is 6.92. The molecule has 0 aromatic rings. The fraction of sp³-hybridized carbons (Fsp3) is 1.00. The van der Waals surface area contributed by atoms with Gasteiger partial charge in [0.05, 0.1) is 31.8 Å². The van der Waals surface area contributed by atoms with Gasteiger partial charge in [-0.1, -0.05) is 0 Å². The van der Waals surface area contributed by atoms with Gasteiger partial charge in [-0.25, -0.2) is 0 Å². The first-order chi connectivity index (χ1) is 5.85. The zero-order valence-corrected chi connectivity index (χ0v) is 7.68. The molecule has 2 saturated heterocycles. The van der Waals surface area contributed by atoms with Crippen LogP contribution in [-0.4, -0.2) is 37.6 Å². The van der Waals surface area contributed by atoms with Crippen LogP contribution in [0.25, 0.3) is 0 Å². The summed E-state index contributed by atoms with van der Waals surface area (Å²) in [5.41, 5.74) is 0. The Kier molecular flexibility index (Phi) is 2.55. The average molecular weight is 193 g/mol.